The predicted octanol–water partition coefficient (Wildman–Crippen LogP) is 3.33. The first kappa shape index (κ1) is 22.1. The van der Waals surface area contributed by atoms with Crippen molar-refractivity contribution >= 4 is 36.4 Å². The number of piperidine rings is 1. The number of hydrogen-bond donors (Lipinski definition) is 1. The molecule has 142 valence electrons. The zero-order valence-electron chi connectivity index (χ0n) is 15.0. The molecule has 1 saturated carbocycles. The number of para-hydroxylation sites is 1. The second-order valence-corrected chi connectivity index (χ2v) is 7.04. The number of hydrogen-bond acceptors (Lipinski definition) is 3. The van der Waals surface area contributed by atoms with Gasteiger partial charge in [-0.2, -0.15) is 0 Å². The SMILES string of the molecule is CN(c1ccccc1)C1CCN(C(=O)[C@@H]2CCC[C@@H]2CN)CC1.Cl.Cl. The molecule has 2 N–H and O–H groups in total. The minimum atomic E-state index is 0. The number of anilines is 1. The van der Waals surface area contributed by atoms with Crippen molar-refractivity contribution in [1.29, 1.82) is 0 Å². The first-order chi connectivity index (χ1) is 11.2. The third kappa shape index (κ3) is 5.02. The van der Waals surface area contributed by atoms with E-state index >= 15 is 0 Å². The summed E-state index contributed by atoms with van der Waals surface area (Å²) in [7, 11) is 2.17. The molecule has 0 bridgehead atoms. The number of carbonyl (C=O) groups is 1. The van der Waals surface area contributed by atoms with E-state index in [-0.39, 0.29) is 30.7 Å². The fraction of sp³-hybridized carbons (Fsp3) is 0.632. The van der Waals surface area contributed by atoms with E-state index in [1.54, 1.807) is 0 Å². The maximum absolute atomic E-state index is 12.8. The van der Waals surface area contributed by atoms with Crippen molar-refractivity contribution < 1.29 is 4.79 Å². The van der Waals surface area contributed by atoms with Crippen molar-refractivity contribution in [2.24, 2.45) is 17.6 Å². The number of nitrogens with zero attached hydrogens (tertiary/aromatic N) is 2. The van der Waals surface area contributed by atoms with Gasteiger partial charge in [0.05, 0.1) is 0 Å². The molecule has 25 heavy (non-hydrogen) atoms. The second kappa shape index (κ2) is 10.2. The standard InChI is InChI=1S/C19H29N3O.2ClH/c1-21(16-7-3-2-4-8-16)17-10-12-22(13-11-17)19(23)18-9-5-6-15(18)14-20;;/h2-4,7-8,15,17-18H,5-6,9-14,20H2,1H3;2*1H/t15-,18-;;/m1../s1. The van der Waals surface area contributed by atoms with Crippen LogP contribution in [-0.2, 0) is 4.79 Å². The Morgan fingerprint density at radius 3 is 2.36 bits per heavy atom. The summed E-state index contributed by atoms with van der Waals surface area (Å²) in [5.74, 6) is 0.953. The molecule has 1 amide bonds. The Hall–Kier alpha value is -0.970. The molecule has 0 unspecified atom stereocenters. The summed E-state index contributed by atoms with van der Waals surface area (Å²) in [4.78, 5) is 17.2. The fourth-order valence-electron chi connectivity index (χ4n) is 4.23. The molecule has 2 aliphatic rings. The van der Waals surface area contributed by atoms with E-state index in [2.05, 4.69) is 41.1 Å². The van der Waals surface area contributed by atoms with Gasteiger partial charge in [0.1, 0.15) is 0 Å². The van der Waals surface area contributed by atoms with E-state index in [1.807, 2.05) is 6.07 Å². The first-order valence-electron chi connectivity index (χ1n) is 8.97. The van der Waals surface area contributed by atoms with Crippen LogP contribution in [0.1, 0.15) is 32.1 Å². The van der Waals surface area contributed by atoms with Crippen molar-refractivity contribution in [3.05, 3.63) is 30.3 Å². The Labute approximate surface area is 163 Å². The molecular formula is C19H31Cl2N3O. The minimum absolute atomic E-state index is 0. The maximum atomic E-state index is 12.8. The first-order valence-corrected chi connectivity index (χ1v) is 8.97. The van der Waals surface area contributed by atoms with Crippen LogP contribution in [0.15, 0.2) is 30.3 Å². The second-order valence-electron chi connectivity index (χ2n) is 7.04. The van der Waals surface area contributed by atoms with E-state index in [1.165, 1.54) is 5.69 Å². The normalized spacial score (nSPS) is 23.5. The number of benzene rings is 1. The van der Waals surface area contributed by atoms with Gasteiger partial charge in [0.15, 0.2) is 0 Å². The predicted molar refractivity (Wildman–Crippen MR) is 109 cm³/mol. The van der Waals surface area contributed by atoms with Crippen molar-refractivity contribution in [2.75, 3.05) is 31.6 Å². The third-order valence-corrected chi connectivity index (χ3v) is 5.77. The van der Waals surface area contributed by atoms with Crippen LogP contribution in [0.3, 0.4) is 0 Å². The molecule has 2 atom stereocenters. The van der Waals surface area contributed by atoms with Gasteiger partial charge < -0.3 is 15.5 Å². The number of amides is 1. The Kier molecular flexibility index (Phi) is 9.04. The van der Waals surface area contributed by atoms with Gasteiger partial charge in [-0.3, -0.25) is 4.79 Å². The number of rotatable bonds is 4. The van der Waals surface area contributed by atoms with Gasteiger partial charge in [0, 0.05) is 37.8 Å². The lowest BCUT2D eigenvalue weighted by atomic mass is 9.93. The Morgan fingerprint density at radius 2 is 1.76 bits per heavy atom. The quantitative estimate of drug-likeness (QED) is 0.861. The Morgan fingerprint density at radius 1 is 1.12 bits per heavy atom. The molecular weight excluding hydrogens is 357 g/mol. The highest BCUT2D eigenvalue weighted by molar-refractivity contribution is 5.85. The number of carbonyl (C=O) groups excluding carboxylic acids is 1. The summed E-state index contributed by atoms with van der Waals surface area (Å²) in [6.45, 7) is 2.42. The lowest BCUT2D eigenvalue weighted by Gasteiger charge is -2.39. The van der Waals surface area contributed by atoms with Gasteiger partial charge >= 0.3 is 0 Å². The van der Waals surface area contributed by atoms with Crippen LogP contribution in [-0.4, -0.2) is 43.5 Å². The Bertz CT molecular complexity index is 521. The van der Waals surface area contributed by atoms with Gasteiger partial charge in [-0.15, -0.1) is 24.8 Å². The van der Waals surface area contributed by atoms with Crippen LogP contribution in [0, 0.1) is 11.8 Å². The van der Waals surface area contributed by atoms with Crippen LogP contribution >= 0.6 is 24.8 Å². The Balaban J connectivity index is 0.00000156. The zero-order chi connectivity index (χ0) is 16.2. The smallest absolute Gasteiger partial charge is 0.226 e. The van der Waals surface area contributed by atoms with Crippen molar-refractivity contribution in [3.8, 4) is 0 Å². The van der Waals surface area contributed by atoms with E-state index in [0.29, 0.717) is 24.4 Å². The van der Waals surface area contributed by atoms with Gasteiger partial charge in [-0.25, -0.2) is 0 Å². The monoisotopic (exact) mass is 387 g/mol. The third-order valence-electron chi connectivity index (χ3n) is 5.77. The molecule has 1 saturated heterocycles. The summed E-state index contributed by atoms with van der Waals surface area (Å²) in [6.07, 6.45) is 5.42. The topological polar surface area (TPSA) is 49.6 Å². The van der Waals surface area contributed by atoms with Crippen LogP contribution < -0.4 is 10.6 Å². The molecule has 1 aliphatic heterocycles. The maximum Gasteiger partial charge on any atom is 0.226 e. The van der Waals surface area contributed by atoms with Gasteiger partial charge in [-0.05, 0) is 50.3 Å². The molecule has 0 spiro atoms. The summed E-state index contributed by atoms with van der Waals surface area (Å²) < 4.78 is 0. The molecule has 1 aliphatic carbocycles. The summed E-state index contributed by atoms with van der Waals surface area (Å²) in [6, 6.07) is 11.0. The van der Waals surface area contributed by atoms with Crippen molar-refractivity contribution in [1.82, 2.24) is 4.90 Å². The summed E-state index contributed by atoms with van der Waals surface area (Å²) in [5, 5.41) is 0. The number of halogens is 2. The fourth-order valence-corrected chi connectivity index (χ4v) is 4.23. The molecule has 1 heterocycles. The number of nitrogens with two attached hydrogens (primary N) is 1. The molecule has 6 heteroatoms. The molecule has 1 aromatic carbocycles. The average Bonchev–Trinajstić information content (AvgIpc) is 3.10. The lowest BCUT2D eigenvalue weighted by Crippen LogP contribution is -2.48. The van der Waals surface area contributed by atoms with Gasteiger partial charge in [-0.1, -0.05) is 24.6 Å². The van der Waals surface area contributed by atoms with Crippen molar-refractivity contribution in [2.45, 2.75) is 38.1 Å². The largest absolute Gasteiger partial charge is 0.371 e. The highest BCUT2D eigenvalue weighted by Gasteiger charge is 2.36. The highest BCUT2D eigenvalue weighted by Crippen LogP contribution is 2.33. The van der Waals surface area contributed by atoms with Gasteiger partial charge in [0.2, 0.25) is 5.91 Å². The molecule has 1 aromatic rings. The molecule has 2 fully saturated rings. The lowest BCUT2D eigenvalue weighted by molar-refractivity contribution is -0.137. The average molecular weight is 388 g/mol. The summed E-state index contributed by atoms with van der Waals surface area (Å²) in [5.41, 5.74) is 7.10. The number of likely N-dealkylation sites (tertiary alicyclic amines) is 1. The minimum Gasteiger partial charge on any atom is -0.371 e. The van der Waals surface area contributed by atoms with Gasteiger partial charge in [0.25, 0.3) is 0 Å². The zero-order valence-corrected chi connectivity index (χ0v) is 16.6. The van der Waals surface area contributed by atoms with E-state index in [9.17, 15) is 4.79 Å². The van der Waals surface area contributed by atoms with Crippen LogP contribution in [0.4, 0.5) is 5.69 Å². The summed E-state index contributed by atoms with van der Waals surface area (Å²) >= 11 is 0. The van der Waals surface area contributed by atoms with Crippen LogP contribution in [0.25, 0.3) is 0 Å². The van der Waals surface area contributed by atoms with E-state index in [4.69, 9.17) is 5.73 Å². The molecule has 0 aromatic heterocycles. The molecule has 4 nitrogen and oxygen atoms in total. The van der Waals surface area contributed by atoms with Crippen molar-refractivity contribution in [3.63, 3.8) is 0 Å². The highest BCUT2D eigenvalue weighted by atomic mass is 35.5. The molecule has 3 rings (SSSR count). The van der Waals surface area contributed by atoms with Crippen LogP contribution in [0.5, 0.6) is 0 Å². The molecule has 0 radical (unpaired) electrons. The van der Waals surface area contributed by atoms with E-state index in [0.717, 1.165) is 45.2 Å². The van der Waals surface area contributed by atoms with E-state index < -0.39 is 0 Å². The van der Waals surface area contributed by atoms with Crippen LogP contribution in [0.2, 0.25) is 0 Å².